The van der Waals surface area contributed by atoms with Gasteiger partial charge in [-0.25, -0.2) is 0 Å². The minimum atomic E-state index is 0. The van der Waals surface area contributed by atoms with E-state index in [4.69, 9.17) is 4.74 Å². The molecule has 0 amide bonds. The van der Waals surface area contributed by atoms with Gasteiger partial charge < -0.3 is 10.1 Å². The summed E-state index contributed by atoms with van der Waals surface area (Å²) in [4.78, 5) is 4.31. The lowest BCUT2D eigenvalue weighted by molar-refractivity contribution is 0.259. The highest BCUT2D eigenvalue weighted by Crippen LogP contribution is 2.35. The molecule has 1 fully saturated rings. The number of aryl methyl sites for hydroxylation is 1. The number of hydrogen-bond donors (Lipinski definition) is 1. The lowest BCUT2D eigenvalue weighted by Crippen LogP contribution is -2.33. The van der Waals surface area contributed by atoms with Gasteiger partial charge in [0.1, 0.15) is 12.4 Å². The molecule has 1 aromatic carbocycles. The van der Waals surface area contributed by atoms with Crippen LogP contribution in [0.25, 0.3) is 11.1 Å². The van der Waals surface area contributed by atoms with E-state index in [1.807, 2.05) is 13.2 Å². The first-order chi connectivity index (χ1) is 10.2. The van der Waals surface area contributed by atoms with Gasteiger partial charge in [0.05, 0.1) is 11.7 Å². The number of nitrogens with one attached hydrogen (secondary N) is 1. The molecule has 3 rings (SSSR count). The molecule has 1 saturated carbocycles. The van der Waals surface area contributed by atoms with Crippen LogP contribution < -0.4 is 10.1 Å². The van der Waals surface area contributed by atoms with E-state index in [1.165, 1.54) is 24.0 Å². The summed E-state index contributed by atoms with van der Waals surface area (Å²) in [5, 5.41) is 3.34. The van der Waals surface area contributed by atoms with Crippen molar-refractivity contribution in [3.63, 3.8) is 0 Å². The number of rotatable bonds is 6. The average molecular weight is 355 g/mol. The molecule has 5 heteroatoms. The number of ether oxygens (including phenoxy) is 1. The van der Waals surface area contributed by atoms with Crippen LogP contribution in [0.5, 0.6) is 5.75 Å². The Labute approximate surface area is 150 Å². The predicted molar refractivity (Wildman–Crippen MR) is 100 cm³/mol. The molecule has 1 N–H and O–H groups in total. The Kier molecular flexibility index (Phi) is 7.33. The van der Waals surface area contributed by atoms with Crippen LogP contribution in [0.3, 0.4) is 0 Å². The molecule has 3 nitrogen and oxygen atoms in total. The fraction of sp³-hybridized carbons (Fsp3) is 0.389. The van der Waals surface area contributed by atoms with E-state index >= 15 is 0 Å². The standard InChI is InChI=1S/C18H22N2O.2ClH/c1-3-14-4-6-15(7-5-14)16-10-17(12-20-11-16)21-13-18(19-2)8-9-18;;/h4-7,10-12,19H,3,8-9,13H2,1-2H3;2*1H. The van der Waals surface area contributed by atoms with E-state index in [2.05, 4.69) is 47.6 Å². The maximum Gasteiger partial charge on any atom is 0.138 e. The first kappa shape index (κ1) is 19.8. The van der Waals surface area contributed by atoms with Crippen molar-refractivity contribution in [1.29, 1.82) is 0 Å². The Morgan fingerprint density at radius 1 is 1.09 bits per heavy atom. The molecule has 0 unspecified atom stereocenters. The second-order valence-corrected chi connectivity index (χ2v) is 5.78. The van der Waals surface area contributed by atoms with Crippen LogP contribution in [0.1, 0.15) is 25.3 Å². The third kappa shape index (κ3) is 4.84. The summed E-state index contributed by atoms with van der Waals surface area (Å²) in [6, 6.07) is 10.7. The summed E-state index contributed by atoms with van der Waals surface area (Å²) in [5.74, 6) is 0.841. The SMILES string of the molecule is CCc1ccc(-c2cncc(OCC3(NC)CC3)c2)cc1.Cl.Cl. The summed E-state index contributed by atoms with van der Waals surface area (Å²) in [6.07, 6.45) is 7.12. The van der Waals surface area contributed by atoms with Crippen LogP contribution in [0.2, 0.25) is 0 Å². The lowest BCUT2D eigenvalue weighted by atomic mass is 10.0. The van der Waals surface area contributed by atoms with Gasteiger partial charge in [-0.2, -0.15) is 0 Å². The number of likely N-dealkylation sites (N-methyl/N-ethyl adjacent to an activating group) is 1. The third-order valence-corrected chi connectivity index (χ3v) is 4.31. The number of halogens is 2. The van der Waals surface area contributed by atoms with Crippen molar-refractivity contribution in [3.05, 3.63) is 48.3 Å². The van der Waals surface area contributed by atoms with Gasteiger partial charge in [0.15, 0.2) is 0 Å². The summed E-state index contributed by atoms with van der Waals surface area (Å²) in [5.41, 5.74) is 3.83. The van der Waals surface area contributed by atoms with E-state index in [-0.39, 0.29) is 30.4 Å². The summed E-state index contributed by atoms with van der Waals surface area (Å²) < 4.78 is 5.91. The van der Waals surface area contributed by atoms with Gasteiger partial charge in [0.2, 0.25) is 0 Å². The molecule has 23 heavy (non-hydrogen) atoms. The Morgan fingerprint density at radius 2 is 1.78 bits per heavy atom. The van der Waals surface area contributed by atoms with Gasteiger partial charge in [0, 0.05) is 11.8 Å². The first-order valence-corrected chi connectivity index (χ1v) is 7.61. The minimum Gasteiger partial charge on any atom is -0.490 e. The molecule has 0 aliphatic heterocycles. The molecular weight excluding hydrogens is 331 g/mol. The van der Waals surface area contributed by atoms with Crippen LogP contribution in [-0.2, 0) is 6.42 Å². The molecule has 2 aromatic rings. The lowest BCUT2D eigenvalue weighted by Gasteiger charge is -2.15. The van der Waals surface area contributed by atoms with Crippen molar-refractivity contribution in [3.8, 4) is 16.9 Å². The quantitative estimate of drug-likeness (QED) is 0.840. The fourth-order valence-electron chi connectivity index (χ4n) is 2.43. The number of benzene rings is 1. The smallest absolute Gasteiger partial charge is 0.138 e. The molecule has 126 valence electrons. The Bertz CT molecular complexity index is 613. The summed E-state index contributed by atoms with van der Waals surface area (Å²) >= 11 is 0. The highest BCUT2D eigenvalue weighted by atomic mass is 35.5. The van der Waals surface area contributed by atoms with E-state index in [9.17, 15) is 0 Å². The zero-order valence-corrected chi connectivity index (χ0v) is 15.2. The summed E-state index contributed by atoms with van der Waals surface area (Å²) in [7, 11) is 2.00. The molecular formula is C18H24Cl2N2O. The van der Waals surface area contributed by atoms with Crippen molar-refractivity contribution in [2.45, 2.75) is 31.7 Å². The maximum absolute atomic E-state index is 5.91. The molecule has 0 bridgehead atoms. The van der Waals surface area contributed by atoms with Crippen molar-refractivity contribution >= 4 is 24.8 Å². The largest absolute Gasteiger partial charge is 0.490 e. The molecule has 1 aliphatic carbocycles. The number of aromatic nitrogens is 1. The third-order valence-electron chi connectivity index (χ3n) is 4.31. The second-order valence-electron chi connectivity index (χ2n) is 5.78. The van der Waals surface area contributed by atoms with Crippen molar-refractivity contribution in [2.75, 3.05) is 13.7 Å². The van der Waals surface area contributed by atoms with Crippen molar-refractivity contribution in [1.82, 2.24) is 10.3 Å². The van der Waals surface area contributed by atoms with Crippen LogP contribution in [0, 0.1) is 0 Å². The van der Waals surface area contributed by atoms with Gasteiger partial charge in [-0.05, 0) is 43.5 Å². The van der Waals surface area contributed by atoms with Crippen molar-refractivity contribution in [2.24, 2.45) is 0 Å². The van der Waals surface area contributed by atoms with Crippen molar-refractivity contribution < 1.29 is 4.74 Å². The fourth-order valence-corrected chi connectivity index (χ4v) is 2.43. The molecule has 0 saturated heterocycles. The number of pyridine rings is 1. The van der Waals surface area contributed by atoms with Crippen LogP contribution in [-0.4, -0.2) is 24.2 Å². The maximum atomic E-state index is 5.91. The molecule has 0 spiro atoms. The highest BCUT2D eigenvalue weighted by Gasteiger charge is 2.41. The average Bonchev–Trinajstić information content (AvgIpc) is 3.34. The van der Waals surface area contributed by atoms with Gasteiger partial charge in [-0.3, -0.25) is 4.98 Å². The van der Waals surface area contributed by atoms with E-state index in [0.29, 0.717) is 6.61 Å². The molecule has 0 atom stereocenters. The van der Waals surface area contributed by atoms with Gasteiger partial charge in [-0.1, -0.05) is 31.2 Å². The topological polar surface area (TPSA) is 34.1 Å². The monoisotopic (exact) mass is 354 g/mol. The molecule has 1 heterocycles. The van der Waals surface area contributed by atoms with Gasteiger partial charge >= 0.3 is 0 Å². The van der Waals surface area contributed by atoms with E-state index in [0.717, 1.165) is 17.7 Å². The summed E-state index contributed by atoms with van der Waals surface area (Å²) in [6.45, 7) is 2.88. The number of hydrogen-bond acceptors (Lipinski definition) is 3. The first-order valence-electron chi connectivity index (χ1n) is 7.61. The van der Waals surface area contributed by atoms with Crippen LogP contribution in [0.4, 0.5) is 0 Å². The Hall–Kier alpha value is -1.29. The Morgan fingerprint density at radius 3 is 2.35 bits per heavy atom. The van der Waals surface area contributed by atoms with Crippen LogP contribution in [0.15, 0.2) is 42.7 Å². The second kappa shape index (κ2) is 8.53. The van der Waals surface area contributed by atoms with Gasteiger partial charge in [-0.15, -0.1) is 24.8 Å². The highest BCUT2D eigenvalue weighted by molar-refractivity contribution is 5.85. The zero-order valence-electron chi connectivity index (χ0n) is 13.5. The minimum absolute atomic E-state index is 0. The normalized spacial score (nSPS) is 14.3. The number of nitrogens with zero attached hydrogens (tertiary/aromatic N) is 1. The predicted octanol–water partition coefficient (Wildman–Crippen LogP) is 4.29. The molecule has 0 radical (unpaired) electrons. The van der Waals surface area contributed by atoms with Gasteiger partial charge in [0.25, 0.3) is 0 Å². The zero-order chi connectivity index (χ0) is 14.7. The van der Waals surface area contributed by atoms with Crippen LogP contribution >= 0.6 is 24.8 Å². The molecule has 1 aromatic heterocycles. The molecule has 1 aliphatic rings. The van der Waals surface area contributed by atoms with E-state index in [1.54, 1.807) is 6.20 Å². The van der Waals surface area contributed by atoms with E-state index < -0.39 is 0 Å². The Balaban J connectivity index is 0.00000132.